The number of hydrogen-bond donors (Lipinski definition) is 0. The minimum absolute atomic E-state index is 0.606. The molecule has 2 aromatic rings. The Kier molecular flexibility index (Phi) is 2.77. The summed E-state index contributed by atoms with van der Waals surface area (Å²) in [6.07, 6.45) is 4.16. The van der Waals surface area contributed by atoms with Gasteiger partial charge in [-0.2, -0.15) is 0 Å². The SMILES string of the molecule is CCC(CC)c1nc2cccnc2s1. The topological polar surface area (TPSA) is 25.8 Å². The minimum atomic E-state index is 0.606. The molecule has 2 rings (SSSR count). The number of rotatable bonds is 3. The summed E-state index contributed by atoms with van der Waals surface area (Å²) in [5.41, 5.74) is 1.04. The van der Waals surface area contributed by atoms with Gasteiger partial charge in [0.05, 0.1) is 5.01 Å². The standard InChI is InChI=1S/C11H14N2S/c1-3-8(4-2)10-13-9-6-5-7-12-11(9)14-10/h5-8H,3-4H2,1-2H3. The molecule has 3 heteroatoms. The second-order valence-corrected chi connectivity index (χ2v) is 4.40. The molecule has 2 nitrogen and oxygen atoms in total. The lowest BCUT2D eigenvalue weighted by atomic mass is 10.1. The zero-order valence-corrected chi connectivity index (χ0v) is 9.34. The second kappa shape index (κ2) is 4.05. The predicted octanol–water partition coefficient (Wildman–Crippen LogP) is 3.59. The molecule has 0 bridgehead atoms. The number of thiazole rings is 1. The van der Waals surface area contributed by atoms with Crippen molar-refractivity contribution in [3.63, 3.8) is 0 Å². The molecule has 0 saturated carbocycles. The number of aromatic nitrogens is 2. The van der Waals surface area contributed by atoms with Gasteiger partial charge in [0.25, 0.3) is 0 Å². The molecule has 0 unspecified atom stereocenters. The smallest absolute Gasteiger partial charge is 0.143 e. The molecule has 0 aliphatic carbocycles. The van der Waals surface area contributed by atoms with Crippen molar-refractivity contribution in [1.82, 2.24) is 9.97 Å². The van der Waals surface area contributed by atoms with Crippen molar-refractivity contribution in [2.75, 3.05) is 0 Å². The summed E-state index contributed by atoms with van der Waals surface area (Å²) < 4.78 is 0. The highest BCUT2D eigenvalue weighted by molar-refractivity contribution is 7.18. The Hall–Kier alpha value is -0.960. The van der Waals surface area contributed by atoms with Crippen LogP contribution in [0.25, 0.3) is 10.3 Å². The van der Waals surface area contributed by atoms with E-state index in [2.05, 4.69) is 23.8 Å². The summed E-state index contributed by atoms with van der Waals surface area (Å²) in [5.74, 6) is 0.606. The van der Waals surface area contributed by atoms with Crippen molar-refractivity contribution in [2.45, 2.75) is 32.6 Å². The van der Waals surface area contributed by atoms with E-state index >= 15 is 0 Å². The van der Waals surface area contributed by atoms with Gasteiger partial charge < -0.3 is 0 Å². The van der Waals surface area contributed by atoms with E-state index in [0.29, 0.717) is 5.92 Å². The van der Waals surface area contributed by atoms with Crippen LogP contribution in [0.4, 0.5) is 0 Å². The van der Waals surface area contributed by atoms with Gasteiger partial charge in [-0.25, -0.2) is 9.97 Å². The van der Waals surface area contributed by atoms with Crippen molar-refractivity contribution in [3.8, 4) is 0 Å². The highest BCUT2D eigenvalue weighted by Crippen LogP contribution is 2.29. The molecule has 0 atom stereocenters. The van der Waals surface area contributed by atoms with Crippen LogP contribution < -0.4 is 0 Å². The van der Waals surface area contributed by atoms with E-state index in [-0.39, 0.29) is 0 Å². The van der Waals surface area contributed by atoms with Crippen LogP contribution in [0.1, 0.15) is 37.6 Å². The van der Waals surface area contributed by atoms with E-state index in [1.807, 2.05) is 18.3 Å². The molecule has 0 saturated heterocycles. The molecule has 2 heterocycles. The van der Waals surface area contributed by atoms with Gasteiger partial charge in [-0.15, -0.1) is 0 Å². The molecule has 0 N–H and O–H groups in total. The van der Waals surface area contributed by atoms with E-state index in [1.54, 1.807) is 11.3 Å². The third-order valence-corrected chi connectivity index (χ3v) is 3.66. The van der Waals surface area contributed by atoms with E-state index in [0.717, 1.165) is 23.2 Å². The zero-order chi connectivity index (χ0) is 9.97. The van der Waals surface area contributed by atoms with Crippen LogP contribution in [0.2, 0.25) is 0 Å². The van der Waals surface area contributed by atoms with Gasteiger partial charge in [0, 0.05) is 12.1 Å². The first kappa shape index (κ1) is 9.59. The van der Waals surface area contributed by atoms with Gasteiger partial charge in [0.15, 0.2) is 0 Å². The van der Waals surface area contributed by atoms with E-state index in [4.69, 9.17) is 0 Å². The van der Waals surface area contributed by atoms with E-state index in [9.17, 15) is 0 Å². The first-order valence-corrected chi connectivity index (χ1v) is 5.88. The summed E-state index contributed by atoms with van der Waals surface area (Å²) in [7, 11) is 0. The Labute approximate surface area is 88.0 Å². The van der Waals surface area contributed by atoms with Crippen LogP contribution in [-0.4, -0.2) is 9.97 Å². The van der Waals surface area contributed by atoms with E-state index in [1.165, 1.54) is 5.01 Å². The molecule has 0 aliphatic rings. The van der Waals surface area contributed by atoms with Gasteiger partial charge in [-0.05, 0) is 25.0 Å². The maximum Gasteiger partial charge on any atom is 0.143 e. The first-order chi connectivity index (χ1) is 6.85. The van der Waals surface area contributed by atoms with Gasteiger partial charge in [-0.1, -0.05) is 25.2 Å². The van der Waals surface area contributed by atoms with Gasteiger partial charge in [0.2, 0.25) is 0 Å². The molecule has 14 heavy (non-hydrogen) atoms. The largest absolute Gasteiger partial charge is 0.244 e. The molecule has 0 radical (unpaired) electrons. The molecular weight excluding hydrogens is 192 g/mol. The molecule has 74 valence electrons. The van der Waals surface area contributed by atoms with Crippen molar-refractivity contribution < 1.29 is 0 Å². The Morgan fingerprint density at radius 1 is 1.36 bits per heavy atom. The van der Waals surface area contributed by atoms with Crippen LogP contribution in [0.3, 0.4) is 0 Å². The van der Waals surface area contributed by atoms with Gasteiger partial charge in [0.1, 0.15) is 10.3 Å². The van der Waals surface area contributed by atoms with Crippen molar-refractivity contribution >= 4 is 21.7 Å². The molecule has 0 spiro atoms. The summed E-state index contributed by atoms with van der Waals surface area (Å²) in [6.45, 7) is 4.43. The summed E-state index contributed by atoms with van der Waals surface area (Å²) in [6, 6.07) is 3.98. The lowest BCUT2D eigenvalue weighted by Gasteiger charge is -2.06. The number of hydrogen-bond acceptors (Lipinski definition) is 3. The van der Waals surface area contributed by atoms with Crippen LogP contribution in [0.15, 0.2) is 18.3 Å². The van der Waals surface area contributed by atoms with Gasteiger partial charge >= 0.3 is 0 Å². The van der Waals surface area contributed by atoms with Crippen molar-refractivity contribution in [1.29, 1.82) is 0 Å². The zero-order valence-electron chi connectivity index (χ0n) is 8.53. The van der Waals surface area contributed by atoms with Crippen LogP contribution in [-0.2, 0) is 0 Å². The Morgan fingerprint density at radius 3 is 2.79 bits per heavy atom. The lowest BCUT2D eigenvalue weighted by Crippen LogP contribution is -1.93. The van der Waals surface area contributed by atoms with Crippen LogP contribution >= 0.6 is 11.3 Å². The third kappa shape index (κ3) is 1.64. The molecule has 0 fully saturated rings. The molecule has 2 aromatic heterocycles. The summed E-state index contributed by atoms with van der Waals surface area (Å²) in [4.78, 5) is 9.98. The van der Waals surface area contributed by atoms with Crippen LogP contribution in [0.5, 0.6) is 0 Å². The first-order valence-electron chi connectivity index (χ1n) is 5.06. The average molecular weight is 206 g/mol. The summed E-state index contributed by atoms with van der Waals surface area (Å²) in [5, 5.41) is 1.24. The minimum Gasteiger partial charge on any atom is -0.244 e. The number of nitrogens with zero attached hydrogens (tertiary/aromatic N) is 2. The number of fused-ring (bicyclic) bond motifs is 1. The predicted molar refractivity (Wildman–Crippen MR) is 60.7 cm³/mol. The van der Waals surface area contributed by atoms with E-state index < -0.39 is 0 Å². The Morgan fingerprint density at radius 2 is 2.14 bits per heavy atom. The fourth-order valence-electron chi connectivity index (χ4n) is 1.60. The fraction of sp³-hybridized carbons (Fsp3) is 0.455. The Balaban J connectivity index is 2.43. The molecular formula is C11H14N2S. The third-order valence-electron chi connectivity index (χ3n) is 2.52. The molecule has 0 aromatic carbocycles. The lowest BCUT2D eigenvalue weighted by molar-refractivity contribution is 0.639. The molecule has 0 aliphatic heterocycles. The second-order valence-electron chi connectivity index (χ2n) is 3.39. The highest BCUT2D eigenvalue weighted by atomic mass is 32.1. The van der Waals surface area contributed by atoms with Crippen molar-refractivity contribution in [2.24, 2.45) is 0 Å². The monoisotopic (exact) mass is 206 g/mol. The molecule has 0 amide bonds. The fourth-order valence-corrected chi connectivity index (χ4v) is 2.77. The summed E-state index contributed by atoms with van der Waals surface area (Å²) >= 11 is 1.73. The Bertz CT molecular complexity index is 385. The maximum atomic E-state index is 4.61. The van der Waals surface area contributed by atoms with Gasteiger partial charge in [-0.3, -0.25) is 0 Å². The normalized spacial score (nSPS) is 11.4. The number of pyridine rings is 1. The van der Waals surface area contributed by atoms with Crippen molar-refractivity contribution in [3.05, 3.63) is 23.3 Å². The quantitative estimate of drug-likeness (QED) is 0.767. The van der Waals surface area contributed by atoms with Crippen LogP contribution in [0, 0.1) is 0 Å². The maximum absolute atomic E-state index is 4.61. The average Bonchev–Trinajstić information content (AvgIpc) is 2.63. The highest BCUT2D eigenvalue weighted by Gasteiger charge is 2.12.